The van der Waals surface area contributed by atoms with Gasteiger partial charge in [-0.2, -0.15) is 5.10 Å². The highest BCUT2D eigenvalue weighted by atomic mass is 16.5. The maximum absolute atomic E-state index is 12.2. The normalized spacial score (nSPS) is 13.2. The molecule has 0 radical (unpaired) electrons. The Balaban J connectivity index is 1.60. The summed E-state index contributed by atoms with van der Waals surface area (Å²) in [6, 6.07) is 6.49. The molecule has 8 heteroatoms. The van der Waals surface area contributed by atoms with E-state index in [-0.39, 0.29) is 5.69 Å². The van der Waals surface area contributed by atoms with Crippen LogP contribution in [0.3, 0.4) is 0 Å². The Bertz CT molecular complexity index is 783. The third-order valence-corrected chi connectivity index (χ3v) is 3.86. The Labute approximate surface area is 144 Å². The van der Waals surface area contributed by atoms with Crippen molar-refractivity contribution >= 4 is 11.8 Å². The molecule has 0 unspecified atom stereocenters. The van der Waals surface area contributed by atoms with Crippen LogP contribution in [0.4, 0.5) is 0 Å². The first-order valence-corrected chi connectivity index (χ1v) is 8.09. The molecule has 1 aliphatic carbocycles. The number of aromatic nitrogens is 2. The number of benzene rings is 1. The molecule has 0 atom stereocenters. The van der Waals surface area contributed by atoms with Crippen LogP contribution < -0.4 is 20.3 Å². The van der Waals surface area contributed by atoms with E-state index in [1.807, 2.05) is 6.92 Å². The molecule has 1 aromatic carbocycles. The number of H-pyrrole nitrogens is 1. The fourth-order valence-corrected chi connectivity index (χ4v) is 2.39. The molecule has 0 spiro atoms. The number of hydrazine groups is 1. The second kappa shape index (κ2) is 7.25. The lowest BCUT2D eigenvalue weighted by atomic mass is 10.2. The van der Waals surface area contributed by atoms with Crippen LogP contribution in [0, 0.1) is 0 Å². The highest BCUT2D eigenvalue weighted by molar-refractivity contribution is 5.98. The Hall–Kier alpha value is -3.03. The maximum Gasteiger partial charge on any atom is 0.290 e. The largest absolute Gasteiger partial charge is 0.493 e. The second-order valence-corrected chi connectivity index (χ2v) is 5.69. The minimum Gasteiger partial charge on any atom is -0.493 e. The average Bonchev–Trinajstić information content (AvgIpc) is 3.36. The number of hydrogen-bond donors (Lipinski definition) is 3. The van der Waals surface area contributed by atoms with Gasteiger partial charge in [0.1, 0.15) is 0 Å². The minimum absolute atomic E-state index is 0.242. The predicted octanol–water partition coefficient (Wildman–Crippen LogP) is 1.77. The first-order valence-electron chi connectivity index (χ1n) is 8.09. The molecule has 0 saturated heterocycles. The van der Waals surface area contributed by atoms with Gasteiger partial charge in [-0.15, -0.1) is 0 Å². The highest BCUT2D eigenvalue weighted by Crippen LogP contribution is 2.38. The van der Waals surface area contributed by atoms with Gasteiger partial charge in [-0.05, 0) is 44.0 Å². The zero-order valence-corrected chi connectivity index (χ0v) is 14.1. The van der Waals surface area contributed by atoms with E-state index >= 15 is 0 Å². The van der Waals surface area contributed by atoms with Crippen molar-refractivity contribution < 1.29 is 19.1 Å². The van der Waals surface area contributed by atoms with Crippen LogP contribution in [0.15, 0.2) is 24.3 Å². The van der Waals surface area contributed by atoms with Gasteiger partial charge in [-0.3, -0.25) is 25.5 Å². The van der Waals surface area contributed by atoms with Crippen molar-refractivity contribution in [3.05, 3.63) is 41.2 Å². The lowest BCUT2D eigenvalue weighted by molar-refractivity contribution is 0.0843. The first-order chi connectivity index (χ1) is 12.1. The SMILES string of the molecule is CCOc1ccc(C(=O)NNC(=O)c2cc(C3CC3)[nH]n2)cc1OC. The Kier molecular flexibility index (Phi) is 4.87. The lowest BCUT2D eigenvalue weighted by Crippen LogP contribution is -2.41. The molecule has 25 heavy (non-hydrogen) atoms. The van der Waals surface area contributed by atoms with Crippen LogP contribution in [-0.2, 0) is 0 Å². The molecule has 3 rings (SSSR count). The van der Waals surface area contributed by atoms with E-state index in [0.717, 1.165) is 18.5 Å². The van der Waals surface area contributed by atoms with E-state index in [0.29, 0.717) is 29.6 Å². The zero-order valence-electron chi connectivity index (χ0n) is 14.1. The van der Waals surface area contributed by atoms with Gasteiger partial charge >= 0.3 is 0 Å². The van der Waals surface area contributed by atoms with Gasteiger partial charge in [0.25, 0.3) is 11.8 Å². The molecule has 1 heterocycles. The molecule has 8 nitrogen and oxygen atoms in total. The van der Waals surface area contributed by atoms with E-state index in [4.69, 9.17) is 9.47 Å². The number of nitrogens with zero attached hydrogens (tertiary/aromatic N) is 1. The first kappa shape index (κ1) is 16.8. The molecule has 132 valence electrons. The predicted molar refractivity (Wildman–Crippen MR) is 89.7 cm³/mol. The lowest BCUT2D eigenvalue weighted by Gasteiger charge is -2.11. The van der Waals surface area contributed by atoms with Gasteiger partial charge in [-0.1, -0.05) is 0 Å². The second-order valence-electron chi connectivity index (χ2n) is 5.69. The molecule has 2 aromatic rings. The summed E-state index contributed by atoms with van der Waals surface area (Å²) in [6.07, 6.45) is 2.22. The van der Waals surface area contributed by atoms with Crippen LogP contribution in [0.1, 0.15) is 52.2 Å². The molecule has 1 aliphatic rings. The van der Waals surface area contributed by atoms with E-state index in [1.165, 1.54) is 7.11 Å². The molecule has 1 saturated carbocycles. The van der Waals surface area contributed by atoms with Gasteiger partial charge in [0, 0.05) is 17.2 Å². The number of hydrogen-bond acceptors (Lipinski definition) is 5. The molecule has 0 bridgehead atoms. The highest BCUT2D eigenvalue weighted by Gasteiger charge is 2.26. The van der Waals surface area contributed by atoms with Crippen molar-refractivity contribution in [3.63, 3.8) is 0 Å². The van der Waals surface area contributed by atoms with Crippen LogP contribution in [0.25, 0.3) is 0 Å². The van der Waals surface area contributed by atoms with E-state index < -0.39 is 11.8 Å². The smallest absolute Gasteiger partial charge is 0.290 e. The summed E-state index contributed by atoms with van der Waals surface area (Å²) in [6.45, 7) is 2.35. The van der Waals surface area contributed by atoms with Gasteiger partial charge in [0.05, 0.1) is 13.7 Å². The van der Waals surface area contributed by atoms with Crippen LogP contribution >= 0.6 is 0 Å². The van der Waals surface area contributed by atoms with Gasteiger partial charge in [-0.25, -0.2) is 0 Å². The molecular formula is C17H20N4O4. The number of nitrogens with one attached hydrogen (secondary N) is 3. The summed E-state index contributed by atoms with van der Waals surface area (Å²) in [4.78, 5) is 24.2. The number of rotatable bonds is 6. The fraction of sp³-hybridized carbons (Fsp3) is 0.353. The standard InChI is InChI=1S/C17H20N4O4/c1-3-25-14-7-6-11(8-15(14)24-2)16(22)20-21-17(23)13-9-12(18-19-13)10-4-5-10/h6-10H,3-5H2,1-2H3,(H,18,19)(H,20,22)(H,21,23). The summed E-state index contributed by atoms with van der Waals surface area (Å²) in [5.74, 6) is 0.527. The topological polar surface area (TPSA) is 105 Å². The van der Waals surface area contributed by atoms with Crippen molar-refractivity contribution in [1.29, 1.82) is 0 Å². The average molecular weight is 344 g/mol. The number of methoxy groups -OCH3 is 1. The summed E-state index contributed by atoms with van der Waals surface area (Å²) in [5, 5.41) is 6.81. The zero-order chi connectivity index (χ0) is 17.8. The number of aromatic amines is 1. The fourth-order valence-electron chi connectivity index (χ4n) is 2.39. The third kappa shape index (κ3) is 3.90. The Morgan fingerprint density at radius 3 is 2.64 bits per heavy atom. The van der Waals surface area contributed by atoms with Crippen molar-refractivity contribution in [2.45, 2.75) is 25.7 Å². The van der Waals surface area contributed by atoms with Gasteiger partial charge in [0.2, 0.25) is 0 Å². The Morgan fingerprint density at radius 1 is 1.20 bits per heavy atom. The maximum atomic E-state index is 12.2. The molecular weight excluding hydrogens is 324 g/mol. The van der Waals surface area contributed by atoms with E-state index in [9.17, 15) is 9.59 Å². The van der Waals surface area contributed by atoms with Crippen LogP contribution in [0.2, 0.25) is 0 Å². The van der Waals surface area contributed by atoms with E-state index in [2.05, 4.69) is 21.0 Å². The molecule has 1 aromatic heterocycles. The molecule has 2 amide bonds. The van der Waals surface area contributed by atoms with Gasteiger partial charge < -0.3 is 9.47 Å². The summed E-state index contributed by atoms with van der Waals surface area (Å²) in [5.41, 5.74) is 6.25. The van der Waals surface area contributed by atoms with Gasteiger partial charge in [0.15, 0.2) is 17.2 Å². The summed E-state index contributed by atoms with van der Waals surface area (Å²) >= 11 is 0. The molecule has 3 N–H and O–H groups in total. The number of ether oxygens (including phenoxy) is 2. The van der Waals surface area contributed by atoms with E-state index in [1.54, 1.807) is 24.3 Å². The van der Waals surface area contributed by atoms with Crippen molar-refractivity contribution in [2.75, 3.05) is 13.7 Å². The van der Waals surface area contributed by atoms with Crippen LogP contribution in [-0.4, -0.2) is 35.7 Å². The number of carbonyl (C=O) groups excluding carboxylic acids is 2. The summed E-state index contributed by atoms with van der Waals surface area (Å²) < 4.78 is 10.6. The number of amides is 2. The number of carbonyl (C=O) groups is 2. The molecule has 1 fully saturated rings. The van der Waals surface area contributed by atoms with Crippen molar-refractivity contribution in [3.8, 4) is 11.5 Å². The van der Waals surface area contributed by atoms with Crippen molar-refractivity contribution in [2.24, 2.45) is 0 Å². The quantitative estimate of drug-likeness (QED) is 0.693. The summed E-state index contributed by atoms with van der Waals surface area (Å²) in [7, 11) is 1.50. The minimum atomic E-state index is -0.477. The van der Waals surface area contributed by atoms with Crippen LogP contribution in [0.5, 0.6) is 11.5 Å². The third-order valence-electron chi connectivity index (χ3n) is 3.86. The van der Waals surface area contributed by atoms with Crippen molar-refractivity contribution in [1.82, 2.24) is 21.0 Å². The Morgan fingerprint density at radius 2 is 1.96 bits per heavy atom. The molecule has 0 aliphatic heterocycles. The monoisotopic (exact) mass is 344 g/mol.